The molecule has 0 atom stereocenters. The molecule has 0 bridgehead atoms. The minimum atomic E-state index is -0.625. The fourth-order valence-corrected chi connectivity index (χ4v) is 4.92. The molecule has 0 N–H and O–H groups in total. The van der Waals surface area contributed by atoms with Crippen LogP contribution in [-0.2, 0) is 14.3 Å². The topological polar surface area (TPSA) is 66.9 Å². The number of imide groups is 1. The first-order valence-corrected chi connectivity index (χ1v) is 10.3. The molecule has 6 nitrogen and oxygen atoms in total. The molecule has 0 aliphatic carbocycles. The van der Waals surface area contributed by atoms with E-state index in [0.717, 1.165) is 33.5 Å². The molecule has 0 radical (unpaired) electrons. The lowest BCUT2D eigenvalue weighted by atomic mass is 9.87. The first-order chi connectivity index (χ1) is 13.5. The Morgan fingerprint density at radius 2 is 1.97 bits per heavy atom. The third kappa shape index (κ3) is 3.96. The minimum absolute atomic E-state index is 0.0939. The number of rotatable bonds is 4. The number of thioether (sulfide) groups is 1. The Morgan fingerprint density at radius 3 is 2.59 bits per heavy atom. The molecule has 0 saturated carbocycles. The van der Waals surface area contributed by atoms with Gasteiger partial charge in [-0.05, 0) is 75.7 Å². The van der Waals surface area contributed by atoms with E-state index in [4.69, 9.17) is 0 Å². The fourth-order valence-electron chi connectivity index (χ4n) is 4.08. The molecule has 0 spiro atoms. The number of allylic oxidation sites excluding steroid dienone is 1. The van der Waals surface area contributed by atoms with Crippen LogP contribution in [0.3, 0.4) is 0 Å². The van der Waals surface area contributed by atoms with Crippen LogP contribution in [0.1, 0.15) is 45.7 Å². The number of anilines is 1. The van der Waals surface area contributed by atoms with E-state index in [0.29, 0.717) is 10.9 Å². The summed E-state index contributed by atoms with van der Waals surface area (Å²) in [5.41, 5.74) is 4.18. The molecular formula is C22H26N2O4S. The van der Waals surface area contributed by atoms with Crippen LogP contribution in [0.15, 0.2) is 29.2 Å². The molecule has 1 aromatic carbocycles. The average molecular weight is 415 g/mol. The summed E-state index contributed by atoms with van der Waals surface area (Å²) in [7, 11) is 1.22. The highest BCUT2D eigenvalue weighted by atomic mass is 32.2. The monoisotopic (exact) mass is 414 g/mol. The highest BCUT2D eigenvalue weighted by molar-refractivity contribution is 8.18. The van der Waals surface area contributed by atoms with Crippen molar-refractivity contribution in [3.63, 3.8) is 0 Å². The van der Waals surface area contributed by atoms with E-state index in [2.05, 4.69) is 56.4 Å². The first kappa shape index (κ1) is 21.2. The smallest absolute Gasteiger partial charge is 0.325 e. The van der Waals surface area contributed by atoms with Gasteiger partial charge in [-0.1, -0.05) is 12.1 Å². The van der Waals surface area contributed by atoms with Crippen LogP contribution in [0.5, 0.6) is 0 Å². The SMILES string of the molecule is COC(=O)CN1C(=O)S/C(=C/c2ccc3c(c2)C(C)=CC(C)(C)N3C(C)C)C1=O. The summed E-state index contributed by atoms with van der Waals surface area (Å²) >= 11 is 0.838. The number of carbonyl (C=O) groups is 3. The van der Waals surface area contributed by atoms with Gasteiger partial charge in [0.05, 0.1) is 17.6 Å². The van der Waals surface area contributed by atoms with Crippen LogP contribution < -0.4 is 4.90 Å². The first-order valence-electron chi connectivity index (χ1n) is 9.50. The van der Waals surface area contributed by atoms with Gasteiger partial charge in [-0.2, -0.15) is 0 Å². The molecular weight excluding hydrogens is 388 g/mol. The average Bonchev–Trinajstić information content (AvgIpc) is 2.88. The number of nitrogens with zero attached hydrogens (tertiary/aromatic N) is 2. The van der Waals surface area contributed by atoms with Crippen LogP contribution in [0.4, 0.5) is 10.5 Å². The fraction of sp³-hybridized carbons (Fsp3) is 0.409. The Morgan fingerprint density at radius 1 is 1.28 bits per heavy atom. The molecule has 3 rings (SSSR count). The van der Waals surface area contributed by atoms with Gasteiger partial charge in [0.1, 0.15) is 6.54 Å². The summed E-state index contributed by atoms with van der Waals surface area (Å²) in [6.45, 7) is 10.5. The molecule has 0 aromatic heterocycles. The van der Waals surface area contributed by atoms with E-state index >= 15 is 0 Å². The summed E-state index contributed by atoms with van der Waals surface area (Å²) in [6, 6.07) is 6.39. The molecule has 1 saturated heterocycles. The lowest BCUT2D eigenvalue weighted by molar-refractivity contribution is -0.143. The van der Waals surface area contributed by atoms with Gasteiger partial charge in [0.25, 0.3) is 11.1 Å². The summed E-state index contributed by atoms with van der Waals surface area (Å²) in [5, 5.41) is -0.464. The number of methoxy groups -OCH3 is 1. The molecule has 2 aliphatic heterocycles. The zero-order chi connectivity index (χ0) is 21.5. The Bertz CT molecular complexity index is 946. The third-order valence-corrected chi connectivity index (χ3v) is 6.01. The number of hydrogen-bond acceptors (Lipinski definition) is 6. The van der Waals surface area contributed by atoms with Crippen molar-refractivity contribution in [1.29, 1.82) is 0 Å². The maximum atomic E-state index is 12.5. The Balaban J connectivity index is 1.95. The van der Waals surface area contributed by atoms with Crippen molar-refractivity contribution >= 4 is 46.2 Å². The number of esters is 1. The molecule has 0 unspecified atom stereocenters. The number of hydrogen-bond donors (Lipinski definition) is 0. The molecule has 1 fully saturated rings. The predicted molar refractivity (Wildman–Crippen MR) is 116 cm³/mol. The van der Waals surface area contributed by atoms with E-state index in [1.54, 1.807) is 6.08 Å². The van der Waals surface area contributed by atoms with Crippen molar-refractivity contribution in [3.8, 4) is 0 Å². The van der Waals surface area contributed by atoms with Gasteiger partial charge in [-0.25, -0.2) is 0 Å². The number of fused-ring (bicyclic) bond motifs is 1. The Labute approximate surface area is 175 Å². The summed E-state index contributed by atoms with van der Waals surface area (Å²) < 4.78 is 4.56. The Kier molecular flexibility index (Phi) is 5.63. The molecule has 2 amide bonds. The normalized spacial score (nSPS) is 19.7. The minimum Gasteiger partial charge on any atom is -0.468 e. The maximum Gasteiger partial charge on any atom is 0.325 e. The van der Waals surface area contributed by atoms with E-state index < -0.39 is 17.1 Å². The van der Waals surface area contributed by atoms with Gasteiger partial charge in [0.2, 0.25) is 0 Å². The molecule has 154 valence electrons. The van der Waals surface area contributed by atoms with Crippen molar-refractivity contribution in [2.75, 3.05) is 18.6 Å². The van der Waals surface area contributed by atoms with Crippen molar-refractivity contribution < 1.29 is 19.1 Å². The number of carbonyl (C=O) groups excluding carboxylic acids is 3. The largest absolute Gasteiger partial charge is 0.468 e. The van der Waals surface area contributed by atoms with E-state index in [-0.39, 0.29) is 12.1 Å². The van der Waals surface area contributed by atoms with Crippen molar-refractivity contribution in [3.05, 3.63) is 40.3 Å². The number of benzene rings is 1. The Hall–Kier alpha value is -2.54. The van der Waals surface area contributed by atoms with Crippen LogP contribution in [0.25, 0.3) is 11.6 Å². The number of ether oxygens (including phenoxy) is 1. The predicted octanol–water partition coefficient (Wildman–Crippen LogP) is 4.31. The molecule has 2 aliphatic rings. The number of amides is 2. The standard InChI is InChI=1S/C22H26N2O4S/c1-13(2)24-17-8-7-15(9-16(17)14(3)11-22(24,4)5)10-18-20(26)23(21(27)29-18)12-19(25)28-6/h7-11,13H,12H2,1-6H3/b18-10+. The van der Waals surface area contributed by atoms with E-state index in [9.17, 15) is 14.4 Å². The van der Waals surface area contributed by atoms with E-state index in [1.807, 2.05) is 12.1 Å². The van der Waals surface area contributed by atoms with Crippen LogP contribution in [0.2, 0.25) is 0 Å². The van der Waals surface area contributed by atoms with Gasteiger partial charge in [0, 0.05) is 17.3 Å². The van der Waals surface area contributed by atoms with Crippen molar-refractivity contribution in [1.82, 2.24) is 4.90 Å². The third-order valence-electron chi connectivity index (χ3n) is 5.10. The highest BCUT2D eigenvalue weighted by Gasteiger charge is 2.37. The van der Waals surface area contributed by atoms with Gasteiger partial charge in [0.15, 0.2) is 0 Å². The molecule has 7 heteroatoms. The quantitative estimate of drug-likeness (QED) is 0.540. The summed E-state index contributed by atoms with van der Waals surface area (Å²) in [6.07, 6.45) is 3.96. The summed E-state index contributed by atoms with van der Waals surface area (Å²) in [4.78, 5) is 39.7. The van der Waals surface area contributed by atoms with Gasteiger partial charge in [-0.3, -0.25) is 19.3 Å². The molecule has 2 heterocycles. The molecule has 29 heavy (non-hydrogen) atoms. The molecule has 1 aromatic rings. The van der Waals surface area contributed by atoms with Crippen LogP contribution in [-0.4, -0.2) is 47.3 Å². The van der Waals surface area contributed by atoms with Crippen LogP contribution >= 0.6 is 11.8 Å². The lowest BCUT2D eigenvalue weighted by Crippen LogP contribution is -2.49. The zero-order valence-electron chi connectivity index (χ0n) is 17.6. The van der Waals surface area contributed by atoms with Gasteiger partial charge in [-0.15, -0.1) is 0 Å². The second kappa shape index (κ2) is 7.71. The van der Waals surface area contributed by atoms with E-state index in [1.165, 1.54) is 12.7 Å². The lowest BCUT2D eigenvalue weighted by Gasteiger charge is -2.46. The summed E-state index contributed by atoms with van der Waals surface area (Å²) in [5.74, 6) is -1.10. The van der Waals surface area contributed by atoms with Crippen molar-refractivity contribution in [2.24, 2.45) is 0 Å². The second-order valence-corrected chi connectivity index (χ2v) is 9.06. The van der Waals surface area contributed by atoms with Crippen molar-refractivity contribution in [2.45, 2.75) is 46.2 Å². The second-order valence-electron chi connectivity index (χ2n) is 8.07. The van der Waals surface area contributed by atoms with Gasteiger partial charge < -0.3 is 9.64 Å². The van der Waals surface area contributed by atoms with Crippen LogP contribution in [0, 0.1) is 0 Å². The highest BCUT2D eigenvalue weighted by Crippen LogP contribution is 2.41. The maximum absolute atomic E-state index is 12.5. The van der Waals surface area contributed by atoms with Gasteiger partial charge >= 0.3 is 5.97 Å². The zero-order valence-corrected chi connectivity index (χ0v) is 18.4.